The number of rotatable bonds is 7. The molecule has 164 valence electrons. The summed E-state index contributed by atoms with van der Waals surface area (Å²) in [4.78, 5) is 12.5. The number of furan rings is 1. The molecule has 4 aromatic rings. The molecule has 0 aliphatic heterocycles. The number of aryl methyl sites for hydroxylation is 1. The van der Waals surface area contributed by atoms with Crippen molar-refractivity contribution in [3.05, 3.63) is 66.1 Å². The Bertz CT molecular complexity index is 1300. The Kier molecular flexibility index (Phi) is 5.98. The Labute approximate surface area is 185 Å². The number of carbonyl (C=O) groups excluding carboxylic acids is 1. The average Bonchev–Trinajstić information content (AvgIpc) is 3.38. The Morgan fingerprint density at radius 1 is 1.22 bits per heavy atom. The fraction of sp³-hybridized carbons (Fsp3) is 0.200. The molecule has 32 heavy (non-hydrogen) atoms. The van der Waals surface area contributed by atoms with Crippen LogP contribution in [0.1, 0.15) is 25.2 Å². The van der Waals surface area contributed by atoms with E-state index in [9.17, 15) is 4.79 Å². The van der Waals surface area contributed by atoms with E-state index in [1.54, 1.807) is 26.4 Å². The second kappa shape index (κ2) is 9.01. The summed E-state index contributed by atoms with van der Waals surface area (Å²) in [5, 5.41) is 7.41. The summed E-state index contributed by atoms with van der Waals surface area (Å²) < 4.78 is 22.0. The lowest BCUT2D eigenvalue weighted by molar-refractivity contribution is -0.111. The third-order valence-corrected chi connectivity index (χ3v) is 5.01. The summed E-state index contributed by atoms with van der Waals surface area (Å²) >= 11 is 0. The number of fused-ring (bicyclic) bond motifs is 1. The zero-order chi connectivity index (χ0) is 22.7. The standard InChI is InChI=1S/C25H24N2O5/c1-5-30-22-13-23-20(21(14-31-23)17-7-6-8-18(11-17)29-4)12-19(22)15(2)9-25(28)26-24-10-16(3)32-27-24/h6-14H,5H2,1-4H3,(H,26,27,28)/b15-9+. The van der Waals surface area contributed by atoms with Gasteiger partial charge >= 0.3 is 0 Å². The van der Waals surface area contributed by atoms with Gasteiger partial charge in [0.25, 0.3) is 0 Å². The van der Waals surface area contributed by atoms with Gasteiger partial charge in [-0.3, -0.25) is 4.79 Å². The van der Waals surface area contributed by atoms with Gasteiger partial charge in [0.2, 0.25) is 5.91 Å². The average molecular weight is 432 g/mol. The van der Waals surface area contributed by atoms with Crippen LogP contribution in [0.5, 0.6) is 11.5 Å². The third-order valence-electron chi connectivity index (χ3n) is 5.01. The predicted octanol–water partition coefficient (Wildman–Crippen LogP) is 5.85. The predicted molar refractivity (Wildman–Crippen MR) is 123 cm³/mol. The first-order valence-corrected chi connectivity index (χ1v) is 10.2. The lowest BCUT2D eigenvalue weighted by Crippen LogP contribution is -2.09. The molecule has 0 unspecified atom stereocenters. The minimum atomic E-state index is -0.307. The highest BCUT2D eigenvalue weighted by atomic mass is 16.5. The van der Waals surface area contributed by atoms with Crippen LogP contribution in [0.2, 0.25) is 0 Å². The van der Waals surface area contributed by atoms with E-state index >= 15 is 0 Å². The Hall–Kier alpha value is -4.00. The third kappa shape index (κ3) is 4.37. The normalized spacial score (nSPS) is 11.6. The number of nitrogens with zero attached hydrogens (tertiary/aromatic N) is 1. The quantitative estimate of drug-likeness (QED) is 0.369. The van der Waals surface area contributed by atoms with Crippen molar-refractivity contribution in [3.63, 3.8) is 0 Å². The number of methoxy groups -OCH3 is 1. The van der Waals surface area contributed by atoms with Crippen molar-refractivity contribution in [2.75, 3.05) is 19.0 Å². The monoisotopic (exact) mass is 432 g/mol. The molecule has 2 aromatic heterocycles. The van der Waals surface area contributed by atoms with E-state index in [0.29, 0.717) is 29.5 Å². The first kappa shape index (κ1) is 21.2. The van der Waals surface area contributed by atoms with Gasteiger partial charge < -0.3 is 23.7 Å². The van der Waals surface area contributed by atoms with Gasteiger partial charge in [-0.05, 0) is 50.1 Å². The molecule has 0 aliphatic rings. The minimum absolute atomic E-state index is 0.307. The van der Waals surface area contributed by atoms with Gasteiger partial charge in [0.05, 0.1) is 20.0 Å². The molecule has 0 radical (unpaired) electrons. The zero-order valence-corrected chi connectivity index (χ0v) is 18.4. The minimum Gasteiger partial charge on any atom is -0.497 e. The number of hydrogen-bond donors (Lipinski definition) is 1. The molecule has 0 atom stereocenters. The SMILES string of the molecule is CCOc1cc2occ(-c3cccc(OC)c3)c2cc1/C(C)=C/C(=O)Nc1cc(C)on1. The van der Waals surface area contributed by atoms with Crippen molar-refractivity contribution < 1.29 is 23.2 Å². The first-order chi connectivity index (χ1) is 15.5. The summed E-state index contributed by atoms with van der Waals surface area (Å²) in [6.45, 7) is 6.02. The van der Waals surface area contributed by atoms with Crippen molar-refractivity contribution in [2.45, 2.75) is 20.8 Å². The van der Waals surface area contributed by atoms with Gasteiger partial charge in [-0.25, -0.2) is 0 Å². The fourth-order valence-corrected chi connectivity index (χ4v) is 3.51. The van der Waals surface area contributed by atoms with Gasteiger partial charge in [0.15, 0.2) is 5.82 Å². The highest BCUT2D eigenvalue weighted by molar-refractivity contribution is 6.05. The van der Waals surface area contributed by atoms with E-state index in [1.165, 1.54) is 6.08 Å². The van der Waals surface area contributed by atoms with Gasteiger partial charge in [-0.1, -0.05) is 17.3 Å². The molecule has 1 amide bonds. The molecule has 0 fully saturated rings. The van der Waals surface area contributed by atoms with Crippen molar-refractivity contribution in [3.8, 4) is 22.6 Å². The number of ether oxygens (including phenoxy) is 2. The van der Waals surface area contributed by atoms with E-state index in [-0.39, 0.29) is 5.91 Å². The van der Waals surface area contributed by atoms with Crippen LogP contribution in [0.25, 0.3) is 27.7 Å². The molecule has 0 spiro atoms. The summed E-state index contributed by atoms with van der Waals surface area (Å²) in [6.07, 6.45) is 3.23. The van der Waals surface area contributed by atoms with Gasteiger partial charge in [-0.2, -0.15) is 0 Å². The maximum absolute atomic E-state index is 12.5. The number of anilines is 1. The number of aromatic nitrogens is 1. The highest BCUT2D eigenvalue weighted by Crippen LogP contribution is 2.38. The number of carbonyl (C=O) groups is 1. The van der Waals surface area contributed by atoms with E-state index in [0.717, 1.165) is 33.4 Å². The van der Waals surface area contributed by atoms with Gasteiger partial charge in [0, 0.05) is 34.7 Å². The first-order valence-electron chi connectivity index (χ1n) is 10.2. The summed E-state index contributed by atoms with van der Waals surface area (Å²) in [6, 6.07) is 13.3. The largest absolute Gasteiger partial charge is 0.497 e. The summed E-state index contributed by atoms with van der Waals surface area (Å²) in [5.41, 5.74) is 4.14. The summed E-state index contributed by atoms with van der Waals surface area (Å²) in [7, 11) is 1.64. The van der Waals surface area contributed by atoms with E-state index in [4.69, 9.17) is 18.4 Å². The second-order valence-corrected chi connectivity index (χ2v) is 7.30. The molecule has 2 heterocycles. The smallest absolute Gasteiger partial charge is 0.249 e. The van der Waals surface area contributed by atoms with Crippen molar-refractivity contribution in [1.29, 1.82) is 0 Å². The molecular formula is C25H24N2O5. The molecule has 0 aliphatic carbocycles. The molecule has 4 rings (SSSR count). The van der Waals surface area contributed by atoms with Gasteiger partial charge in [0.1, 0.15) is 22.8 Å². The Morgan fingerprint density at radius 2 is 2.06 bits per heavy atom. The topological polar surface area (TPSA) is 86.7 Å². The lowest BCUT2D eigenvalue weighted by Gasteiger charge is -2.12. The zero-order valence-electron chi connectivity index (χ0n) is 18.4. The molecule has 7 nitrogen and oxygen atoms in total. The highest BCUT2D eigenvalue weighted by Gasteiger charge is 2.16. The number of hydrogen-bond acceptors (Lipinski definition) is 6. The molecular weight excluding hydrogens is 408 g/mol. The molecule has 0 saturated heterocycles. The van der Waals surface area contributed by atoms with Crippen LogP contribution in [-0.4, -0.2) is 24.8 Å². The summed E-state index contributed by atoms with van der Waals surface area (Å²) in [5.74, 6) is 2.09. The van der Waals surface area contributed by atoms with Crippen LogP contribution < -0.4 is 14.8 Å². The molecule has 1 N–H and O–H groups in total. The number of amides is 1. The van der Waals surface area contributed by atoms with Crippen molar-refractivity contribution >= 4 is 28.3 Å². The van der Waals surface area contributed by atoms with E-state index in [2.05, 4.69) is 10.5 Å². The van der Waals surface area contributed by atoms with Gasteiger partial charge in [-0.15, -0.1) is 0 Å². The Balaban J connectivity index is 1.74. The number of nitrogens with one attached hydrogen (secondary N) is 1. The van der Waals surface area contributed by atoms with Crippen molar-refractivity contribution in [1.82, 2.24) is 5.16 Å². The molecule has 7 heteroatoms. The number of allylic oxidation sites excluding steroid dienone is 1. The maximum Gasteiger partial charge on any atom is 0.249 e. The molecule has 0 bridgehead atoms. The van der Waals surface area contributed by atoms with Crippen LogP contribution in [0.15, 0.2) is 63.7 Å². The van der Waals surface area contributed by atoms with Crippen LogP contribution in [0, 0.1) is 6.92 Å². The maximum atomic E-state index is 12.5. The molecule has 2 aromatic carbocycles. The van der Waals surface area contributed by atoms with Crippen LogP contribution in [0.3, 0.4) is 0 Å². The lowest BCUT2D eigenvalue weighted by atomic mass is 9.99. The van der Waals surface area contributed by atoms with E-state index in [1.807, 2.05) is 50.2 Å². The Morgan fingerprint density at radius 3 is 2.78 bits per heavy atom. The fourth-order valence-electron chi connectivity index (χ4n) is 3.51. The van der Waals surface area contributed by atoms with E-state index < -0.39 is 0 Å². The van der Waals surface area contributed by atoms with Crippen LogP contribution in [-0.2, 0) is 4.79 Å². The molecule has 0 saturated carbocycles. The van der Waals surface area contributed by atoms with Crippen molar-refractivity contribution in [2.24, 2.45) is 0 Å². The van der Waals surface area contributed by atoms with Crippen LogP contribution >= 0.6 is 0 Å². The second-order valence-electron chi connectivity index (χ2n) is 7.30. The van der Waals surface area contributed by atoms with Crippen LogP contribution in [0.4, 0.5) is 5.82 Å². The number of benzene rings is 2.